The van der Waals surface area contributed by atoms with Crippen molar-refractivity contribution in [3.05, 3.63) is 82.1 Å². The van der Waals surface area contributed by atoms with Gasteiger partial charge in [-0.1, -0.05) is 29.8 Å². The zero-order chi connectivity index (χ0) is 32.9. The van der Waals surface area contributed by atoms with Crippen LogP contribution in [0, 0.1) is 13.8 Å². The topological polar surface area (TPSA) is 150 Å². The van der Waals surface area contributed by atoms with Crippen LogP contribution in [0.15, 0.2) is 54.7 Å². The van der Waals surface area contributed by atoms with E-state index in [1.165, 1.54) is 0 Å². The molecule has 13 heteroatoms. The van der Waals surface area contributed by atoms with Gasteiger partial charge in [0.1, 0.15) is 0 Å². The van der Waals surface area contributed by atoms with E-state index in [-0.39, 0.29) is 55.4 Å². The van der Waals surface area contributed by atoms with Gasteiger partial charge >= 0.3 is 0 Å². The zero-order valence-electron chi connectivity index (χ0n) is 25.4. The van der Waals surface area contributed by atoms with Crippen molar-refractivity contribution in [3.8, 4) is 0 Å². The minimum Gasteiger partial charge on any atom is -0.379 e. The Bertz CT molecular complexity index is 1570. The summed E-state index contributed by atoms with van der Waals surface area (Å²) in [5.74, 6) is -1.27. The van der Waals surface area contributed by atoms with Crippen LogP contribution in [-0.4, -0.2) is 72.6 Å². The van der Waals surface area contributed by atoms with Crippen molar-refractivity contribution in [1.82, 2.24) is 31.2 Å². The van der Waals surface area contributed by atoms with Gasteiger partial charge < -0.3 is 26.6 Å². The molecule has 5 N–H and O–H groups in total. The molecule has 0 radical (unpaired) electrons. The Hall–Kier alpha value is -4.29. The fourth-order valence-electron chi connectivity index (χ4n) is 4.57. The molecule has 240 valence electrons. The van der Waals surface area contributed by atoms with Gasteiger partial charge in [0.15, 0.2) is 0 Å². The van der Waals surface area contributed by atoms with Gasteiger partial charge in [0, 0.05) is 40.5 Å². The summed E-state index contributed by atoms with van der Waals surface area (Å²) in [7, 11) is 0. The first-order chi connectivity index (χ1) is 21.5. The highest BCUT2D eigenvalue weighted by Gasteiger charge is 2.21. The van der Waals surface area contributed by atoms with Crippen molar-refractivity contribution in [1.29, 1.82) is 0 Å². The molecule has 0 unspecified atom stereocenters. The number of rotatable bonds is 16. The van der Waals surface area contributed by atoms with Crippen molar-refractivity contribution >= 4 is 64.7 Å². The molecule has 2 aromatic carbocycles. The van der Waals surface area contributed by atoms with Crippen molar-refractivity contribution in [2.75, 3.05) is 38.5 Å². The number of halogens is 1. The molecule has 0 atom stereocenters. The molecule has 0 aliphatic carbocycles. The lowest BCUT2D eigenvalue weighted by atomic mass is 10.1. The monoisotopic (exact) mass is 654 g/mol. The summed E-state index contributed by atoms with van der Waals surface area (Å²) in [5, 5.41) is 14.9. The van der Waals surface area contributed by atoms with E-state index < -0.39 is 5.91 Å². The maximum atomic E-state index is 13.4. The minimum absolute atomic E-state index is 0.0565. The van der Waals surface area contributed by atoms with Gasteiger partial charge in [0.05, 0.1) is 37.3 Å². The SMILES string of the molecule is C=C(CNC(=O)CS)NCC(=O)NCC(=O)NCCCCNC(=O)Cc1c(C)n(C(=O)c2ccc(Cl)cc2)c2ccc(C)cc12. The molecule has 45 heavy (non-hydrogen) atoms. The molecule has 3 rings (SSSR count). The van der Waals surface area contributed by atoms with Crippen LogP contribution in [0.1, 0.15) is 40.0 Å². The van der Waals surface area contributed by atoms with Gasteiger partial charge in [-0.3, -0.25) is 28.5 Å². The van der Waals surface area contributed by atoms with E-state index in [0.717, 1.165) is 22.0 Å². The number of aromatic nitrogens is 1. The normalized spacial score (nSPS) is 10.7. The van der Waals surface area contributed by atoms with Crippen LogP contribution in [0.5, 0.6) is 0 Å². The number of carbonyl (C=O) groups is 5. The minimum atomic E-state index is -0.391. The van der Waals surface area contributed by atoms with Crippen molar-refractivity contribution in [2.24, 2.45) is 0 Å². The number of fused-ring (bicyclic) bond motifs is 1. The number of aryl methyl sites for hydroxylation is 1. The van der Waals surface area contributed by atoms with Gasteiger partial charge in [-0.25, -0.2) is 0 Å². The average Bonchev–Trinajstić information content (AvgIpc) is 3.28. The quantitative estimate of drug-likeness (QED) is 0.103. The highest BCUT2D eigenvalue weighted by molar-refractivity contribution is 7.81. The molecule has 0 aliphatic heterocycles. The number of amides is 4. The van der Waals surface area contributed by atoms with Crippen LogP contribution in [-0.2, 0) is 25.6 Å². The Morgan fingerprint density at radius 1 is 0.778 bits per heavy atom. The summed E-state index contributed by atoms with van der Waals surface area (Å²) in [6, 6.07) is 12.5. The number of nitrogens with one attached hydrogen (secondary N) is 5. The predicted octanol–water partition coefficient (Wildman–Crippen LogP) is 2.42. The fraction of sp³-hybridized carbons (Fsp3) is 0.344. The van der Waals surface area contributed by atoms with Crippen molar-refractivity contribution < 1.29 is 24.0 Å². The zero-order valence-corrected chi connectivity index (χ0v) is 27.1. The van der Waals surface area contributed by atoms with Crippen LogP contribution >= 0.6 is 24.2 Å². The Kier molecular flexibility index (Phi) is 13.5. The molecular weight excluding hydrogens is 616 g/mol. The lowest BCUT2D eigenvalue weighted by molar-refractivity contribution is -0.125. The Labute approximate surface area is 272 Å². The molecule has 0 bridgehead atoms. The summed E-state index contributed by atoms with van der Waals surface area (Å²) < 4.78 is 1.64. The third kappa shape index (κ3) is 10.7. The molecule has 0 aliphatic rings. The predicted molar refractivity (Wildman–Crippen MR) is 179 cm³/mol. The standard InChI is InChI=1S/C32H39ClN6O5S/c1-20-6-11-27-26(14-20)25(22(3)39(27)32(44)23-7-9-24(33)10-8-23)15-28(40)34-12-4-5-13-35-29(41)18-38-30(42)17-36-21(2)16-37-31(43)19-45/h6-11,14,36,45H,2,4-5,12-13,15-19H2,1,3H3,(H,34,40)(H,35,41)(H,37,43)(H,38,42). The average molecular weight is 655 g/mol. The summed E-state index contributed by atoms with van der Waals surface area (Å²) >= 11 is 9.85. The van der Waals surface area contributed by atoms with Crippen molar-refractivity contribution in [2.45, 2.75) is 33.1 Å². The van der Waals surface area contributed by atoms with Gasteiger partial charge in [0.25, 0.3) is 5.91 Å². The molecule has 4 amide bonds. The molecule has 3 aromatic rings. The van der Waals surface area contributed by atoms with E-state index in [1.54, 1.807) is 28.8 Å². The first-order valence-electron chi connectivity index (χ1n) is 14.5. The molecule has 0 spiro atoms. The largest absolute Gasteiger partial charge is 0.379 e. The van der Waals surface area contributed by atoms with Gasteiger partial charge in [0.2, 0.25) is 23.6 Å². The fourth-order valence-corrected chi connectivity index (χ4v) is 4.80. The molecule has 0 saturated carbocycles. The second-order valence-corrected chi connectivity index (χ2v) is 11.2. The highest BCUT2D eigenvalue weighted by atomic mass is 35.5. The second kappa shape index (κ2) is 17.3. The Balaban J connectivity index is 1.40. The molecule has 11 nitrogen and oxygen atoms in total. The van der Waals surface area contributed by atoms with Gasteiger partial charge in [-0.15, -0.1) is 0 Å². The number of hydrogen-bond acceptors (Lipinski definition) is 7. The van der Waals surface area contributed by atoms with Crippen LogP contribution in [0.3, 0.4) is 0 Å². The Morgan fingerprint density at radius 2 is 1.38 bits per heavy atom. The number of carbonyl (C=O) groups excluding carboxylic acids is 5. The summed E-state index contributed by atoms with van der Waals surface area (Å²) in [4.78, 5) is 61.5. The smallest absolute Gasteiger partial charge is 0.262 e. The summed E-state index contributed by atoms with van der Waals surface area (Å²) in [5.41, 5.74) is 4.22. The summed E-state index contributed by atoms with van der Waals surface area (Å²) in [6.45, 7) is 8.26. The third-order valence-corrected chi connectivity index (χ3v) is 7.50. The summed E-state index contributed by atoms with van der Waals surface area (Å²) in [6.07, 6.45) is 1.39. The first-order valence-corrected chi connectivity index (χ1v) is 15.5. The van der Waals surface area contributed by atoms with E-state index in [1.807, 2.05) is 32.0 Å². The van der Waals surface area contributed by atoms with E-state index in [9.17, 15) is 24.0 Å². The highest BCUT2D eigenvalue weighted by Crippen LogP contribution is 2.28. The number of thiol groups is 1. The first kappa shape index (κ1) is 35.2. The number of nitrogens with zero attached hydrogens (tertiary/aromatic N) is 1. The number of benzene rings is 2. The van der Waals surface area contributed by atoms with E-state index >= 15 is 0 Å². The second-order valence-electron chi connectivity index (χ2n) is 10.5. The van der Waals surface area contributed by atoms with Gasteiger partial charge in [-0.2, -0.15) is 12.6 Å². The lowest BCUT2D eigenvalue weighted by Crippen LogP contribution is -2.41. The van der Waals surface area contributed by atoms with E-state index in [4.69, 9.17) is 11.6 Å². The molecule has 1 aromatic heterocycles. The molecule has 0 fully saturated rings. The number of unbranched alkanes of at least 4 members (excludes halogenated alkanes) is 1. The van der Waals surface area contributed by atoms with Crippen LogP contribution in [0.4, 0.5) is 0 Å². The van der Waals surface area contributed by atoms with Crippen molar-refractivity contribution in [3.63, 3.8) is 0 Å². The van der Waals surface area contributed by atoms with Gasteiger partial charge in [-0.05, 0) is 68.7 Å². The maximum absolute atomic E-state index is 13.4. The van der Waals surface area contributed by atoms with Crippen LogP contribution in [0.2, 0.25) is 5.02 Å². The van der Waals surface area contributed by atoms with E-state index in [2.05, 4.69) is 45.8 Å². The van der Waals surface area contributed by atoms with E-state index in [0.29, 0.717) is 47.9 Å². The molecular formula is C32H39ClN6O5S. The van der Waals surface area contributed by atoms with Crippen LogP contribution < -0.4 is 26.6 Å². The molecule has 1 heterocycles. The maximum Gasteiger partial charge on any atom is 0.262 e. The van der Waals surface area contributed by atoms with Crippen LogP contribution in [0.25, 0.3) is 10.9 Å². The lowest BCUT2D eigenvalue weighted by Gasteiger charge is -2.11. The third-order valence-electron chi connectivity index (χ3n) is 6.96. The Morgan fingerprint density at radius 3 is 2.04 bits per heavy atom. The molecule has 0 saturated heterocycles. The number of hydrogen-bond donors (Lipinski definition) is 6.